The molecule has 0 aliphatic heterocycles. The maximum absolute atomic E-state index is 5.42. The molecular weight excluding hydrogens is 681 g/mol. The van der Waals surface area contributed by atoms with Gasteiger partial charge < -0.3 is 4.57 Å². The number of hydrogen-bond donors (Lipinski definition) is 0. The third kappa shape index (κ3) is 5.23. The lowest BCUT2D eigenvalue weighted by Crippen LogP contribution is -2.00. The molecule has 0 unspecified atom stereocenters. The lowest BCUT2D eigenvalue weighted by molar-refractivity contribution is 1.11. The van der Waals surface area contributed by atoms with Crippen LogP contribution in [-0.4, -0.2) is 19.1 Å². The van der Waals surface area contributed by atoms with E-state index in [1.54, 1.807) is 0 Å². The highest BCUT2D eigenvalue weighted by atomic mass is 15.1. The number of nitrogens with zero attached hydrogens (tertiary/aromatic N) is 4. The van der Waals surface area contributed by atoms with Crippen LogP contribution >= 0.6 is 0 Å². The molecule has 262 valence electrons. The lowest BCUT2D eigenvalue weighted by atomic mass is 10.0. The van der Waals surface area contributed by atoms with E-state index in [9.17, 15) is 0 Å². The quantitative estimate of drug-likeness (QED) is 0.172. The van der Waals surface area contributed by atoms with Gasteiger partial charge in [-0.1, -0.05) is 140 Å². The van der Waals surface area contributed by atoms with Gasteiger partial charge in [0.25, 0.3) is 0 Å². The Labute approximate surface area is 324 Å². The van der Waals surface area contributed by atoms with Crippen molar-refractivity contribution in [1.82, 2.24) is 19.1 Å². The second-order valence-electron chi connectivity index (χ2n) is 14.2. The maximum Gasteiger partial charge on any atom is 0.162 e. The van der Waals surface area contributed by atoms with E-state index in [2.05, 4.69) is 215 Å². The molecule has 0 radical (unpaired) electrons. The van der Waals surface area contributed by atoms with E-state index in [1.165, 1.54) is 38.5 Å². The first-order valence-electron chi connectivity index (χ1n) is 19.0. The number of fused-ring (bicyclic) bond motifs is 6. The number of hydrogen-bond acceptors (Lipinski definition) is 2. The van der Waals surface area contributed by atoms with Crippen LogP contribution < -0.4 is 0 Å². The zero-order valence-corrected chi connectivity index (χ0v) is 30.4. The van der Waals surface area contributed by atoms with Crippen LogP contribution in [0.5, 0.6) is 0 Å². The summed E-state index contributed by atoms with van der Waals surface area (Å²) < 4.78 is 4.65. The van der Waals surface area contributed by atoms with Crippen molar-refractivity contribution in [2.75, 3.05) is 0 Å². The summed E-state index contributed by atoms with van der Waals surface area (Å²) in [5.74, 6) is 0.681. The summed E-state index contributed by atoms with van der Waals surface area (Å²) >= 11 is 0. The molecule has 0 saturated heterocycles. The number of benzene rings is 8. The molecule has 3 heterocycles. The molecule has 0 amide bonds. The van der Waals surface area contributed by atoms with Gasteiger partial charge in [0.15, 0.2) is 5.82 Å². The van der Waals surface area contributed by atoms with Crippen LogP contribution in [0.2, 0.25) is 0 Å². The van der Waals surface area contributed by atoms with Gasteiger partial charge in [-0.2, -0.15) is 0 Å². The predicted molar refractivity (Wildman–Crippen MR) is 232 cm³/mol. The summed E-state index contributed by atoms with van der Waals surface area (Å²) in [5.41, 5.74) is 14.1. The SMILES string of the molecule is c1ccc(-c2ccc3c(c2)c2ccccc2n3-c2ccc(-c3nc(-c4ccccc4)c4c5cc(-c6ccccc6)ccc5n(-c5ccccc5)c4n3)cc2)cc1. The van der Waals surface area contributed by atoms with Crippen LogP contribution in [0.25, 0.3) is 100 Å². The van der Waals surface area contributed by atoms with Crippen molar-refractivity contribution in [3.8, 4) is 56.3 Å². The van der Waals surface area contributed by atoms with Crippen molar-refractivity contribution < 1.29 is 0 Å². The van der Waals surface area contributed by atoms with E-state index in [4.69, 9.17) is 9.97 Å². The molecule has 0 aliphatic rings. The Morgan fingerprint density at radius 3 is 1.43 bits per heavy atom. The Morgan fingerprint density at radius 1 is 0.304 bits per heavy atom. The van der Waals surface area contributed by atoms with Crippen LogP contribution in [0, 0.1) is 0 Å². The summed E-state index contributed by atoms with van der Waals surface area (Å²) in [6.45, 7) is 0. The molecule has 11 aromatic rings. The summed E-state index contributed by atoms with van der Waals surface area (Å²) in [6, 6.07) is 73.1. The summed E-state index contributed by atoms with van der Waals surface area (Å²) in [5, 5.41) is 4.62. The van der Waals surface area contributed by atoms with Gasteiger partial charge >= 0.3 is 0 Å². The van der Waals surface area contributed by atoms with E-state index < -0.39 is 0 Å². The molecular formula is C52H34N4. The highest BCUT2D eigenvalue weighted by molar-refractivity contribution is 6.15. The fourth-order valence-electron chi connectivity index (χ4n) is 8.31. The van der Waals surface area contributed by atoms with Crippen LogP contribution in [0.1, 0.15) is 0 Å². The third-order valence-electron chi connectivity index (χ3n) is 10.9. The smallest absolute Gasteiger partial charge is 0.162 e. The Bertz CT molecular complexity index is 3200. The first-order chi connectivity index (χ1) is 27.8. The minimum atomic E-state index is 0.681. The maximum atomic E-state index is 5.42. The summed E-state index contributed by atoms with van der Waals surface area (Å²) in [4.78, 5) is 10.8. The molecule has 4 heteroatoms. The Morgan fingerprint density at radius 2 is 0.786 bits per heavy atom. The molecule has 56 heavy (non-hydrogen) atoms. The van der Waals surface area contributed by atoms with E-state index in [1.807, 2.05) is 0 Å². The molecule has 0 spiro atoms. The van der Waals surface area contributed by atoms with Gasteiger partial charge in [0, 0.05) is 38.7 Å². The van der Waals surface area contributed by atoms with Crippen molar-refractivity contribution in [2.24, 2.45) is 0 Å². The van der Waals surface area contributed by atoms with E-state index in [0.29, 0.717) is 5.82 Å². The average molecular weight is 715 g/mol. The molecule has 0 N–H and O–H groups in total. The lowest BCUT2D eigenvalue weighted by Gasteiger charge is -2.12. The van der Waals surface area contributed by atoms with Crippen molar-refractivity contribution >= 4 is 43.7 Å². The topological polar surface area (TPSA) is 35.6 Å². The van der Waals surface area contributed by atoms with Gasteiger partial charge in [0.2, 0.25) is 0 Å². The van der Waals surface area contributed by atoms with Crippen molar-refractivity contribution in [3.63, 3.8) is 0 Å². The number of aromatic nitrogens is 4. The minimum absolute atomic E-state index is 0.681. The highest BCUT2D eigenvalue weighted by Gasteiger charge is 2.22. The fourth-order valence-corrected chi connectivity index (χ4v) is 8.31. The monoisotopic (exact) mass is 714 g/mol. The van der Waals surface area contributed by atoms with Gasteiger partial charge in [-0.15, -0.1) is 0 Å². The van der Waals surface area contributed by atoms with Crippen molar-refractivity contribution in [3.05, 3.63) is 206 Å². The van der Waals surface area contributed by atoms with E-state index in [0.717, 1.165) is 55.7 Å². The second kappa shape index (κ2) is 13.1. The molecule has 0 saturated carbocycles. The third-order valence-corrected chi connectivity index (χ3v) is 10.9. The molecule has 0 fully saturated rings. The van der Waals surface area contributed by atoms with E-state index in [-0.39, 0.29) is 0 Å². The Hall–Kier alpha value is -7.56. The Balaban J connectivity index is 1.11. The zero-order valence-electron chi connectivity index (χ0n) is 30.4. The highest BCUT2D eigenvalue weighted by Crippen LogP contribution is 2.40. The second-order valence-corrected chi connectivity index (χ2v) is 14.2. The minimum Gasteiger partial charge on any atom is -0.309 e. The molecule has 4 nitrogen and oxygen atoms in total. The van der Waals surface area contributed by atoms with Crippen molar-refractivity contribution in [2.45, 2.75) is 0 Å². The van der Waals surface area contributed by atoms with Gasteiger partial charge in [0.1, 0.15) is 5.65 Å². The predicted octanol–water partition coefficient (Wildman–Crippen LogP) is 13.3. The van der Waals surface area contributed by atoms with Gasteiger partial charge in [0.05, 0.1) is 27.6 Å². The summed E-state index contributed by atoms with van der Waals surface area (Å²) in [6.07, 6.45) is 0. The normalized spacial score (nSPS) is 11.6. The first-order valence-corrected chi connectivity index (χ1v) is 19.0. The van der Waals surface area contributed by atoms with Crippen LogP contribution in [0.3, 0.4) is 0 Å². The van der Waals surface area contributed by atoms with Crippen LogP contribution in [-0.2, 0) is 0 Å². The Kier molecular flexibility index (Phi) is 7.46. The van der Waals surface area contributed by atoms with Crippen LogP contribution in [0.15, 0.2) is 206 Å². The molecule has 8 aromatic carbocycles. The largest absolute Gasteiger partial charge is 0.309 e. The van der Waals surface area contributed by atoms with Gasteiger partial charge in [-0.05, 0) is 89.0 Å². The fraction of sp³-hybridized carbons (Fsp3) is 0. The van der Waals surface area contributed by atoms with Crippen LogP contribution in [0.4, 0.5) is 0 Å². The first kappa shape index (κ1) is 31.9. The zero-order chi connectivity index (χ0) is 37.0. The molecule has 3 aromatic heterocycles. The standard InChI is InChI=1S/C52H34N4/c1-5-15-35(16-6-1)39-27-31-47-44(33-39)43-23-13-14-24-46(43)55(47)42-29-25-38(26-30-42)51-53-50(37-19-9-3-10-20-37)49-45-34-40(36-17-7-2-8-18-36)28-32-48(45)56(52(49)54-51)41-21-11-4-12-22-41/h1-34H. The van der Waals surface area contributed by atoms with Crippen molar-refractivity contribution in [1.29, 1.82) is 0 Å². The molecule has 0 atom stereocenters. The molecule has 0 bridgehead atoms. The summed E-state index contributed by atoms with van der Waals surface area (Å²) in [7, 11) is 0. The van der Waals surface area contributed by atoms with E-state index >= 15 is 0 Å². The number of rotatable bonds is 6. The van der Waals surface area contributed by atoms with Gasteiger partial charge in [-0.3, -0.25) is 4.57 Å². The molecule has 11 rings (SSSR count). The molecule has 0 aliphatic carbocycles. The average Bonchev–Trinajstić information content (AvgIpc) is 3.79. The van der Waals surface area contributed by atoms with Gasteiger partial charge in [-0.25, -0.2) is 9.97 Å². The number of para-hydroxylation sites is 2.